The van der Waals surface area contributed by atoms with Crippen LogP contribution in [0.3, 0.4) is 0 Å². The first-order valence-electron chi connectivity index (χ1n) is 11.3. The van der Waals surface area contributed by atoms with Gasteiger partial charge in [0.25, 0.3) is 0 Å². The third-order valence-electron chi connectivity index (χ3n) is 7.18. The average molecular weight is 422 g/mol. The van der Waals surface area contributed by atoms with Gasteiger partial charge in [-0.05, 0) is 54.9 Å². The molecule has 0 unspecified atom stereocenters. The van der Waals surface area contributed by atoms with E-state index in [9.17, 15) is 4.79 Å². The molecule has 31 heavy (non-hydrogen) atoms. The van der Waals surface area contributed by atoms with Gasteiger partial charge in [0.2, 0.25) is 0 Å². The van der Waals surface area contributed by atoms with E-state index < -0.39 is 0 Å². The molecule has 7 heteroatoms. The molecule has 3 fully saturated rings. The number of hydrogen-bond acceptors (Lipinski definition) is 5. The number of carbonyl (C=O) groups is 1. The van der Waals surface area contributed by atoms with Gasteiger partial charge in [-0.3, -0.25) is 5.01 Å². The Hall–Kier alpha value is -2.64. The summed E-state index contributed by atoms with van der Waals surface area (Å²) in [6.45, 7) is 4.41. The summed E-state index contributed by atoms with van der Waals surface area (Å²) in [5.41, 5.74) is 2.24. The summed E-state index contributed by atoms with van der Waals surface area (Å²) < 4.78 is 5.44. The number of ether oxygens (including phenoxy) is 1. The van der Waals surface area contributed by atoms with Crippen molar-refractivity contribution in [2.24, 2.45) is 5.84 Å². The van der Waals surface area contributed by atoms with Crippen molar-refractivity contribution < 1.29 is 9.53 Å². The van der Waals surface area contributed by atoms with E-state index in [4.69, 9.17) is 10.6 Å². The molecule has 0 bridgehead atoms. The van der Waals surface area contributed by atoms with Crippen LogP contribution < -0.4 is 10.7 Å². The van der Waals surface area contributed by atoms with E-state index in [1.165, 1.54) is 10.6 Å². The van der Waals surface area contributed by atoms with Gasteiger partial charge in [0.15, 0.2) is 0 Å². The maximum atomic E-state index is 13.0. The summed E-state index contributed by atoms with van der Waals surface area (Å²) in [6, 6.07) is 14.7. The molecule has 3 aliphatic rings. The summed E-state index contributed by atoms with van der Waals surface area (Å²) in [5.74, 6) is 7.88. The Morgan fingerprint density at radius 2 is 1.84 bits per heavy atom. The molecule has 2 N–H and O–H groups in total. The second-order valence-electron chi connectivity index (χ2n) is 9.04. The number of benzene rings is 1. The smallest absolute Gasteiger partial charge is 0.335 e. The van der Waals surface area contributed by atoms with Crippen molar-refractivity contribution in [1.29, 1.82) is 0 Å². The van der Waals surface area contributed by atoms with Crippen LogP contribution in [0.5, 0.6) is 0 Å². The summed E-state index contributed by atoms with van der Waals surface area (Å²) in [7, 11) is 0. The first-order chi connectivity index (χ1) is 15.1. The normalized spacial score (nSPS) is 26.7. The third-order valence-corrected chi connectivity index (χ3v) is 7.18. The van der Waals surface area contributed by atoms with Crippen LogP contribution in [0.25, 0.3) is 0 Å². The number of pyridine rings is 1. The van der Waals surface area contributed by atoms with Crippen LogP contribution in [-0.4, -0.2) is 59.3 Å². The number of aromatic nitrogens is 1. The average Bonchev–Trinajstić information content (AvgIpc) is 3.05. The third kappa shape index (κ3) is 4.00. The quantitative estimate of drug-likeness (QED) is 0.606. The lowest BCUT2D eigenvalue weighted by atomic mass is 9.74. The van der Waals surface area contributed by atoms with Crippen molar-refractivity contribution in [3.63, 3.8) is 0 Å². The van der Waals surface area contributed by atoms with Gasteiger partial charge in [0.1, 0.15) is 5.82 Å². The van der Waals surface area contributed by atoms with Gasteiger partial charge in [-0.25, -0.2) is 15.6 Å². The number of anilines is 1. The molecule has 0 atom stereocenters. The molecule has 2 aromatic rings. The number of urea groups is 1. The van der Waals surface area contributed by atoms with Crippen LogP contribution in [0.15, 0.2) is 48.7 Å². The molecule has 5 rings (SSSR count). The summed E-state index contributed by atoms with van der Waals surface area (Å²) in [5, 5.41) is 1.53. The zero-order valence-electron chi connectivity index (χ0n) is 17.9. The predicted octanol–water partition coefficient (Wildman–Crippen LogP) is 3.13. The topological polar surface area (TPSA) is 74.9 Å². The highest BCUT2D eigenvalue weighted by atomic mass is 16.5. The maximum absolute atomic E-state index is 13.0. The SMILES string of the molecule is NN1C(=O)N(Cc2ccnc(N3CCOCC3)c2)CC12CCC(c1ccccc1)CC2. The molecular formula is C24H31N5O2. The zero-order valence-corrected chi connectivity index (χ0v) is 17.9. The summed E-state index contributed by atoms with van der Waals surface area (Å²) >= 11 is 0. The van der Waals surface area contributed by atoms with Crippen LogP contribution in [-0.2, 0) is 11.3 Å². The van der Waals surface area contributed by atoms with Crippen LogP contribution in [0.1, 0.15) is 42.7 Å². The molecule has 2 aliphatic heterocycles. The minimum absolute atomic E-state index is 0.0668. The van der Waals surface area contributed by atoms with Crippen LogP contribution in [0.2, 0.25) is 0 Å². The Bertz CT molecular complexity index is 907. The molecule has 164 valence electrons. The number of nitrogens with zero attached hydrogens (tertiary/aromatic N) is 4. The number of morpholine rings is 1. The Labute approximate surface area is 183 Å². The van der Waals surface area contributed by atoms with Gasteiger partial charge in [-0.2, -0.15) is 0 Å². The Balaban J connectivity index is 1.25. The highest BCUT2D eigenvalue weighted by Crippen LogP contribution is 2.43. The van der Waals surface area contributed by atoms with Crippen molar-refractivity contribution in [3.8, 4) is 0 Å². The highest BCUT2D eigenvalue weighted by molar-refractivity contribution is 5.77. The van der Waals surface area contributed by atoms with E-state index in [0.29, 0.717) is 19.0 Å². The molecule has 2 saturated heterocycles. The highest BCUT2D eigenvalue weighted by Gasteiger charge is 2.50. The fourth-order valence-electron chi connectivity index (χ4n) is 5.34. The molecule has 7 nitrogen and oxygen atoms in total. The Morgan fingerprint density at radius 1 is 1.10 bits per heavy atom. The van der Waals surface area contributed by atoms with E-state index in [-0.39, 0.29) is 11.6 Å². The largest absolute Gasteiger partial charge is 0.378 e. The summed E-state index contributed by atoms with van der Waals surface area (Å²) in [6.07, 6.45) is 5.85. The molecular weight excluding hydrogens is 390 g/mol. The number of hydrogen-bond donors (Lipinski definition) is 1. The van der Waals surface area contributed by atoms with Crippen LogP contribution >= 0.6 is 0 Å². The standard InChI is InChI=1S/C24H31N5O2/c25-29-23(30)28(17-19-8-11-26-22(16-19)27-12-14-31-15-13-27)18-24(29)9-6-21(7-10-24)20-4-2-1-3-5-20/h1-5,8,11,16,21H,6-7,9-10,12-15,17-18,25H2. The van der Waals surface area contributed by atoms with Gasteiger partial charge in [0.05, 0.1) is 18.8 Å². The van der Waals surface area contributed by atoms with E-state index >= 15 is 0 Å². The van der Waals surface area contributed by atoms with Gasteiger partial charge >= 0.3 is 6.03 Å². The lowest BCUT2D eigenvalue weighted by Gasteiger charge is -2.40. The Morgan fingerprint density at radius 3 is 2.58 bits per heavy atom. The predicted molar refractivity (Wildman–Crippen MR) is 119 cm³/mol. The van der Waals surface area contributed by atoms with Gasteiger partial charge in [0, 0.05) is 32.4 Å². The second kappa shape index (κ2) is 8.48. The molecule has 0 radical (unpaired) electrons. The van der Waals surface area contributed by atoms with Gasteiger partial charge in [-0.15, -0.1) is 0 Å². The number of carbonyl (C=O) groups excluding carboxylic acids is 1. The zero-order chi connectivity index (χ0) is 21.3. The summed E-state index contributed by atoms with van der Waals surface area (Å²) in [4.78, 5) is 21.7. The molecule has 1 spiro atoms. The molecule has 1 aromatic carbocycles. The minimum atomic E-state index is -0.248. The number of hydrazine groups is 1. The fourth-order valence-corrected chi connectivity index (χ4v) is 5.34. The number of rotatable bonds is 4. The van der Waals surface area contributed by atoms with Crippen molar-refractivity contribution in [1.82, 2.24) is 14.9 Å². The Kier molecular flexibility index (Phi) is 5.54. The molecule has 1 aliphatic carbocycles. The number of nitrogens with two attached hydrogens (primary N) is 1. The van der Waals surface area contributed by atoms with Crippen molar-refractivity contribution in [2.75, 3.05) is 37.7 Å². The maximum Gasteiger partial charge on any atom is 0.335 e. The molecule has 1 saturated carbocycles. The first-order valence-corrected chi connectivity index (χ1v) is 11.3. The monoisotopic (exact) mass is 421 g/mol. The minimum Gasteiger partial charge on any atom is -0.378 e. The fraction of sp³-hybridized carbons (Fsp3) is 0.500. The van der Waals surface area contributed by atoms with Crippen LogP contribution in [0.4, 0.5) is 10.6 Å². The van der Waals surface area contributed by atoms with E-state index in [2.05, 4.69) is 46.3 Å². The van der Waals surface area contributed by atoms with Crippen molar-refractivity contribution in [3.05, 3.63) is 59.8 Å². The van der Waals surface area contributed by atoms with E-state index in [0.717, 1.165) is 63.4 Å². The lowest BCUT2D eigenvalue weighted by Crippen LogP contribution is -2.53. The molecule has 2 amide bonds. The lowest BCUT2D eigenvalue weighted by molar-refractivity contribution is 0.113. The van der Waals surface area contributed by atoms with E-state index in [1.807, 2.05) is 17.2 Å². The van der Waals surface area contributed by atoms with E-state index in [1.54, 1.807) is 0 Å². The second-order valence-corrected chi connectivity index (χ2v) is 9.04. The van der Waals surface area contributed by atoms with Gasteiger partial charge in [-0.1, -0.05) is 30.3 Å². The van der Waals surface area contributed by atoms with Gasteiger partial charge < -0.3 is 14.5 Å². The van der Waals surface area contributed by atoms with Crippen molar-refractivity contribution in [2.45, 2.75) is 43.7 Å². The van der Waals surface area contributed by atoms with Crippen molar-refractivity contribution >= 4 is 11.8 Å². The molecule has 1 aromatic heterocycles. The van der Waals surface area contributed by atoms with Crippen LogP contribution in [0, 0.1) is 0 Å². The molecule has 3 heterocycles. The first kappa shape index (κ1) is 20.3. The number of amides is 2.